The maximum atomic E-state index is 12.6. The molecular weight excluding hydrogens is 340 g/mol. The van der Waals surface area contributed by atoms with Crippen molar-refractivity contribution in [1.29, 1.82) is 5.41 Å². The second-order valence-corrected chi connectivity index (χ2v) is 6.74. The van der Waals surface area contributed by atoms with Crippen molar-refractivity contribution in [3.8, 4) is 0 Å². The molecule has 2 amide bonds. The van der Waals surface area contributed by atoms with Crippen LogP contribution >= 0.6 is 0 Å². The van der Waals surface area contributed by atoms with E-state index < -0.39 is 0 Å². The van der Waals surface area contributed by atoms with E-state index in [1.165, 1.54) is 6.21 Å². The van der Waals surface area contributed by atoms with Crippen LogP contribution < -0.4 is 16.0 Å². The number of rotatable bonds is 3. The van der Waals surface area contributed by atoms with Gasteiger partial charge in [-0.2, -0.15) is 0 Å². The van der Waals surface area contributed by atoms with Crippen molar-refractivity contribution in [2.75, 3.05) is 37.8 Å². The molecule has 142 valence electrons. The molecule has 4 N–H and O–H groups in total. The van der Waals surface area contributed by atoms with Gasteiger partial charge in [-0.25, -0.2) is 9.78 Å². The lowest BCUT2D eigenvalue weighted by atomic mass is 10.1. The van der Waals surface area contributed by atoms with Crippen LogP contribution in [-0.2, 0) is 6.42 Å². The molecule has 2 aromatic rings. The normalized spacial score (nSPS) is 18.4. The van der Waals surface area contributed by atoms with Crippen LogP contribution in [0.15, 0.2) is 36.4 Å². The van der Waals surface area contributed by atoms with E-state index in [0.717, 1.165) is 42.9 Å². The van der Waals surface area contributed by atoms with Gasteiger partial charge >= 0.3 is 6.03 Å². The zero-order valence-corrected chi connectivity index (χ0v) is 15.7. The SMILES string of the molecule is CNc1c(C=N)cc2nc1CCCN(C)CC(c1ccccc1)NC(=O)N2. The first kappa shape index (κ1) is 18.8. The molecule has 0 aliphatic carbocycles. The van der Waals surface area contributed by atoms with Crippen molar-refractivity contribution in [1.82, 2.24) is 15.2 Å². The van der Waals surface area contributed by atoms with Gasteiger partial charge in [0.2, 0.25) is 0 Å². The van der Waals surface area contributed by atoms with Crippen molar-refractivity contribution in [2.45, 2.75) is 18.9 Å². The summed E-state index contributed by atoms with van der Waals surface area (Å²) in [5.74, 6) is 0.459. The third-order valence-corrected chi connectivity index (χ3v) is 4.73. The minimum Gasteiger partial charge on any atom is -0.386 e. The number of urea groups is 1. The molecule has 0 saturated carbocycles. The Bertz CT molecular complexity index is 808. The van der Waals surface area contributed by atoms with E-state index in [4.69, 9.17) is 5.41 Å². The van der Waals surface area contributed by atoms with Crippen molar-refractivity contribution in [3.05, 3.63) is 53.2 Å². The Morgan fingerprint density at radius 2 is 2.11 bits per heavy atom. The number of nitrogens with zero attached hydrogens (tertiary/aromatic N) is 2. The van der Waals surface area contributed by atoms with E-state index in [1.54, 1.807) is 6.07 Å². The quantitative estimate of drug-likeness (QED) is 0.629. The summed E-state index contributed by atoms with van der Waals surface area (Å²) in [5, 5.41) is 16.7. The highest BCUT2D eigenvalue weighted by Gasteiger charge is 2.19. The first-order valence-electron chi connectivity index (χ1n) is 9.14. The number of nitrogens with one attached hydrogen (secondary N) is 4. The van der Waals surface area contributed by atoms with Crippen LogP contribution in [0.2, 0.25) is 0 Å². The number of aryl methyl sites for hydroxylation is 1. The molecule has 7 heteroatoms. The number of pyridine rings is 1. The number of aromatic nitrogens is 1. The second kappa shape index (κ2) is 8.64. The van der Waals surface area contributed by atoms with Gasteiger partial charge < -0.3 is 20.9 Å². The summed E-state index contributed by atoms with van der Waals surface area (Å²) in [6, 6.07) is 11.3. The van der Waals surface area contributed by atoms with Crippen LogP contribution in [-0.4, -0.2) is 49.3 Å². The maximum absolute atomic E-state index is 12.6. The summed E-state index contributed by atoms with van der Waals surface area (Å²) in [7, 11) is 3.89. The molecule has 0 radical (unpaired) electrons. The zero-order chi connectivity index (χ0) is 19.2. The van der Waals surface area contributed by atoms with Gasteiger partial charge in [0.1, 0.15) is 5.82 Å². The van der Waals surface area contributed by atoms with E-state index in [2.05, 4.69) is 32.9 Å². The largest absolute Gasteiger partial charge is 0.386 e. The molecule has 1 aromatic heterocycles. The lowest BCUT2D eigenvalue weighted by Crippen LogP contribution is -2.39. The fourth-order valence-electron chi connectivity index (χ4n) is 3.42. The topological polar surface area (TPSA) is 93.1 Å². The predicted octanol–water partition coefficient (Wildman–Crippen LogP) is 2.86. The summed E-state index contributed by atoms with van der Waals surface area (Å²) >= 11 is 0. The molecule has 3 rings (SSSR count). The molecule has 1 aromatic carbocycles. The Labute approximate surface area is 159 Å². The number of carbonyl (C=O) groups is 1. The van der Waals surface area contributed by atoms with Gasteiger partial charge in [-0.3, -0.25) is 5.32 Å². The fraction of sp³-hybridized carbons (Fsp3) is 0.350. The number of amides is 2. The van der Waals surface area contributed by atoms with Gasteiger partial charge in [0, 0.05) is 25.4 Å². The molecule has 0 spiro atoms. The minimum absolute atomic E-state index is 0.117. The number of carbonyl (C=O) groups excluding carboxylic acids is 1. The van der Waals surface area contributed by atoms with Gasteiger partial charge in [0.25, 0.3) is 0 Å². The van der Waals surface area contributed by atoms with Crippen molar-refractivity contribution in [2.24, 2.45) is 0 Å². The van der Waals surface area contributed by atoms with Crippen molar-refractivity contribution < 1.29 is 4.79 Å². The van der Waals surface area contributed by atoms with Gasteiger partial charge in [0.05, 0.1) is 17.4 Å². The van der Waals surface area contributed by atoms with Gasteiger partial charge in [-0.05, 0) is 38.1 Å². The summed E-state index contributed by atoms with van der Waals surface area (Å²) < 4.78 is 0. The van der Waals surface area contributed by atoms with Crippen LogP contribution in [0.4, 0.5) is 16.3 Å². The molecule has 2 heterocycles. The summed E-state index contributed by atoms with van der Waals surface area (Å²) in [4.78, 5) is 19.4. The van der Waals surface area contributed by atoms with Gasteiger partial charge in [-0.15, -0.1) is 0 Å². The first-order chi connectivity index (χ1) is 13.1. The molecule has 7 nitrogen and oxygen atoms in total. The Balaban J connectivity index is 1.92. The number of hydrogen-bond acceptors (Lipinski definition) is 5. The Kier molecular flexibility index (Phi) is 6.03. The Morgan fingerprint density at radius 1 is 1.33 bits per heavy atom. The lowest BCUT2D eigenvalue weighted by Gasteiger charge is -2.26. The molecular formula is C20H26N6O. The number of likely N-dealkylation sites (N-methyl/N-ethyl adjacent to an activating group) is 1. The highest BCUT2D eigenvalue weighted by Crippen LogP contribution is 2.24. The second-order valence-electron chi connectivity index (χ2n) is 6.74. The molecule has 1 aliphatic heterocycles. The van der Waals surface area contributed by atoms with E-state index in [-0.39, 0.29) is 12.1 Å². The maximum Gasteiger partial charge on any atom is 0.320 e. The van der Waals surface area contributed by atoms with Crippen LogP contribution in [0.5, 0.6) is 0 Å². The van der Waals surface area contributed by atoms with Crippen LogP contribution in [0.3, 0.4) is 0 Å². The van der Waals surface area contributed by atoms with Gasteiger partial charge in [0.15, 0.2) is 0 Å². The predicted molar refractivity (Wildman–Crippen MR) is 109 cm³/mol. The molecule has 0 saturated heterocycles. The summed E-state index contributed by atoms with van der Waals surface area (Å²) in [6.45, 7) is 1.62. The molecule has 0 fully saturated rings. The first-order valence-corrected chi connectivity index (χ1v) is 9.14. The smallest absolute Gasteiger partial charge is 0.320 e. The number of benzene rings is 1. The monoisotopic (exact) mass is 366 g/mol. The number of anilines is 2. The highest BCUT2D eigenvalue weighted by molar-refractivity contribution is 5.92. The van der Waals surface area contributed by atoms with E-state index in [9.17, 15) is 4.79 Å². The molecule has 27 heavy (non-hydrogen) atoms. The van der Waals surface area contributed by atoms with E-state index in [0.29, 0.717) is 11.4 Å². The molecule has 1 unspecified atom stereocenters. The van der Waals surface area contributed by atoms with E-state index in [1.807, 2.05) is 37.4 Å². The summed E-state index contributed by atoms with van der Waals surface area (Å²) in [6.07, 6.45) is 2.99. The number of hydrogen-bond donors (Lipinski definition) is 4. The zero-order valence-electron chi connectivity index (χ0n) is 15.7. The van der Waals surface area contributed by atoms with Crippen LogP contribution in [0.1, 0.15) is 29.3 Å². The van der Waals surface area contributed by atoms with Crippen molar-refractivity contribution in [3.63, 3.8) is 0 Å². The van der Waals surface area contributed by atoms with Crippen LogP contribution in [0.25, 0.3) is 0 Å². The van der Waals surface area contributed by atoms with Gasteiger partial charge in [-0.1, -0.05) is 30.3 Å². The average molecular weight is 366 g/mol. The number of fused-ring (bicyclic) bond motifs is 2. The molecule has 2 bridgehead atoms. The molecule has 1 aliphatic rings. The standard InChI is InChI=1S/C20H26N6O/c1-22-19-15(12-21)11-18-23-16(19)9-6-10-26(2)13-17(24-20(27)25-18)14-7-4-3-5-8-14/h3-5,7-8,11-12,17,21-22H,6,9-10,13H2,1-2H3,(H2,23,24,25,27). The fourth-order valence-corrected chi connectivity index (χ4v) is 3.42. The lowest BCUT2D eigenvalue weighted by molar-refractivity contribution is 0.239. The Morgan fingerprint density at radius 3 is 2.81 bits per heavy atom. The minimum atomic E-state index is -0.301. The van der Waals surface area contributed by atoms with E-state index >= 15 is 0 Å². The molecule has 1 atom stereocenters. The summed E-state index contributed by atoms with van der Waals surface area (Å²) in [5.41, 5.74) is 3.49. The average Bonchev–Trinajstić information content (AvgIpc) is 2.67. The Hall–Kier alpha value is -2.93. The van der Waals surface area contributed by atoms with Crippen molar-refractivity contribution >= 4 is 23.8 Å². The van der Waals surface area contributed by atoms with Crippen LogP contribution in [0, 0.1) is 5.41 Å². The third-order valence-electron chi connectivity index (χ3n) is 4.73. The highest BCUT2D eigenvalue weighted by atomic mass is 16.2. The third kappa shape index (κ3) is 4.62.